The van der Waals surface area contributed by atoms with Gasteiger partial charge in [-0.25, -0.2) is 18.1 Å². The van der Waals surface area contributed by atoms with Gasteiger partial charge in [-0.2, -0.15) is 9.97 Å². The van der Waals surface area contributed by atoms with Crippen molar-refractivity contribution in [1.82, 2.24) is 24.5 Å². The van der Waals surface area contributed by atoms with E-state index >= 15 is 0 Å². The van der Waals surface area contributed by atoms with Crippen LogP contribution in [0.3, 0.4) is 0 Å². The number of rotatable bonds is 3. The Hall–Kier alpha value is -2.13. The molecule has 0 aliphatic heterocycles. The van der Waals surface area contributed by atoms with Crippen LogP contribution < -0.4 is 4.72 Å². The van der Waals surface area contributed by atoms with Gasteiger partial charge in [0.15, 0.2) is 10.8 Å². The van der Waals surface area contributed by atoms with E-state index in [-0.39, 0.29) is 21.6 Å². The third-order valence-electron chi connectivity index (χ3n) is 2.58. The number of halogens is 1. The van der Waals surface area contributed by atoms with Crippen molar-refractivity contribution in [2.24, 2.45) is 7.05 Å². The Morgan fingerprint density at radius 1 is 1.40 bits per heavy atom. The maximum absolute atomic E-state index is 12.1. The van der Waals surface area contributed by atoms with Crippen molar-refractivity contribution in [3.8, 4) is 0 Å². The predicted molar refractivity (Wildman–Crippen MR) is 72.9 cm³/mol. The fraction of sp³-hybridized carbons (Fsp3) is 0.100. The first kappa shape index (κ1) is 12.9. The highest BCUT2D eigenvalue weighted by Gasteiger charge is 2.18. The van der Waals surface area contributed by atoms with Crippen LogP contribution in [-0.2, 0) is 17.1 Å². The van der Waals surface area contributed by atoms with Gasteiger partial charge < -0.3 is 9.55 Å². The number of nitrogens with zero attached hydrogens (tertiary/aromatic N) is 4. The molecule has 0 radical (unpaired) electrons. The molecular weight excluding hydrogens is 304 g/mol. The Morgan fingerprint density at radius 3 is 2.90 bits per heavy atom. The van der Waals surface area contributed by atoms with E-state index in [0.29, 0.717) is 5.52 Å². The maximum Gasteiger partial charge on any atom is 0.265 e. The van der Waals surface area contributed by atoms with Crippen LogP contribution in [0.25, 0.3) is 11.2 Å². The number of hydrogen-bond acceptors (Lipinski definition) is 5. The number of imidazole rings is 1. The topological polar surface area (TPSA) is 106 Å². The number of aryl methyl sites for hydroxylation is 1. The van der Waals surface area contributed by atoms with Crippen molar-refractivity contribution in [3.63, 3.8) is 0 Å². The largest absolute Gasteiger partial charge is 0.356 e. The lowest BCUT2D eigenvalue weighted by atomic mass is 10.6. The van der Waals surface area contributed by atoms with E-state index in [1.54, 1.807) is 17.8 Å². The molecule has 104 valence electrons. The van der Waals surface area contributed by atoms with Gasteiger partial charge in [0.05, 0.1) is 6.33 Å². The van der Waals surface area contributed by atoms with Crippen LogP contribution in [-0.4, -0.2) is 32.9 Å². The Labute approximate surface area is 118 Å². The van der Waals surface area contributed by atoms with E-state index in [1.807, 2.05) is 0 Å². The van der Waals surface area contributed by atoms with Crippen molar-refractivity contribution >= 4 is 38.7 Å². The van der Waals surface area contributed by atoms with Crippen molar-refractivity contribution in [3.05, 3.63) is 29.9 Å². The molecule has 3 heterocycles. The molecule has 3 aromatic heterocycles. The second kappa shape index (κ2) is 4.46. The van der Waals surface area contributed by atoms with Crippen molar-refractivity contribution < 1.29 is 8.42 Å². The van der Waals surface area contributed by atoms with Gasteiger partial charge in [0.2, 0.25) is 5.95 Å². The minimum absolute atomic E-state index is 0.0956. The molecule has 0 aliphatic carbocycles. The number of anilines is 1. The minimum Gasteiger partial charge on any atom is -0.356 e. The first-order valence-electron chi connectivity index (χ1n) is 5.47. The van der Waals surface area contributed by atoms with Gasteiger partial charge in [0.25, 0.3) is 10.0 Å². The number of aromatic amines is 1. The highest BCUT2D eigenvalue weighted by Crippen LogP contribution is 2.20. The van der Waals surface area contributed by atoms with E-state index in [4.69, 9.17) is 11.6 Å². The van der Waals surface area contributed by atoms with Crippen LogP contribution in [0.4, 0.5) is 5.95 Å². The van der Waals surface area contributed by atoms with Crippen LogP contribution in [0.1, 0.15) is 0 Å². The lowest BCUT2D eigenvalue weighted by Gasteiger charge is -2.05. The molecule has 0 aromatic carbocycles. The summed E-state index contributed by atoms with van der Waals surface area (Å²) in [7, 11) is -2.03. The zero-order valence-electron chi connectivity index (χ0n) is 10.2. The van der Waals surface area contributed by atoms with Crippen LogP contribution in [0.2, 0.25) is 5.15 Å². The average Bonchev–Trinajstić information content (AvgIpc) is 2.97. The Bertz CT molecular complexity index is 884. The second-order valence-corrected chi connectivity index (χ2v) is 6.10. The Morgan fingerprint density at radius 2 is 2.20 bits per heavy atom. The highest BCUT2D eigenvalue weighted by molar-refractivity contribution is 7.92. The molecule has 0 atom stereocenters. The SMILES string of the molecule is Cn1ccc(S(=O)(=O)Nc2nc(Cl)c3[nH]cnc3n2)c1. The first-order chi connectivity index (χ1) is 9.45. The normalized spacial score (nSPS) is 11.9. The third-order valence-corrected chi connectivity index (χ3v) is 4.17. The number of aromatic nitrogens is 5. The first-order valence-corrected chi connectivity index (χ1v) is 7.33. The van der Waals surface area contributed by atoms with Gasteiger partial charge in [-0.1, -0.05) is 11.6 Å². The molecule has 0 spiro atoms. The molecule has 0 bridgehead atoms. The predicted octanol–water partition coefficient (Wildman–Crippen LogP) is 1.15. The third kappa shape index (κ3) is 2.21. The van der Waals surface area contributed by atoms with Gasteiger partial charge in [-0.15, -0.1) is 0 Å². The molecule has 0 fully saturated rings. The van der Waals surface area contributed by atoms with Gasteiger partial charge in [0.1, 0.15) is 10.4 Å². The zero-order valence-corrected chi connectivity index (χ0v) is 11.8. The lowest BCUT2D eigenvalue weighted by molar-refractivity contribution is 0.600. The molecule has 3 aromatic rings. The summed E-state index contributed by atoms with van der Waals surface area (Å²) in [5, 5.41) is 0.0956. The Kier molecular flexibility index (Phi) is 2.87. The number of sulfonamides is 1. The molecule has 0 aliphatic rings. The van der Waals surface area contributed by atoms with Crippen molar-refractivity contribution in [2.75, 3.05) is 4.72 Å². The quantitative estimate of drug-likeness (QED) is 0.706. The van der Waals surface area contributed by atoms with E-state index in [9.17, 15) is 8.42 Å². The molecule has 2 N–H and O–H groups in total. The van der Waals surface area contributed by atoms with Crippen LogP contribution >= 0.6 is 11.6 Å². The number of hydrogen-bond donors (Lipinski definition) is 2. The average molecular weight is 313 g/mol. The zero-order chi connectivity index (χ0) is 14.3. The molecule has 20 heavy (non-hydrogen) atoms. The number of fused-ring (bicyclic) bond motifs is 1. The van der Waals surface area contributed by atoms with E-state index in [0.717, 1.165) is 0 Å². The van der Waals surface area contributed by atoms with Gasteiger partial charge >= 0.3 is 0 Å². The van der Waals surface area contributed by atoms with Crippen LogP contribution in [0.15, 0.2) is 29.7 Å². The summed E-state index contributed by atoms with van der Waals surface area (Å²) >= 11 is 5.92. The maximum atomic E-state index is 12.1. The van der Waals surface area contributed by atoms with Gasteiger partial charge in [-0.3, -0.25) is 0 Å². The van der Waals surface area contributed by atoms with E-state index in [1.165, 1.54) is 18.6 Å². The summed E-state index contributed by atoms with van der Waals surface area (Å²) < 4.78 is 28.1. The summed E-state index contributed by atoms with van der Waals surface area (Å²) in [4.78, 5) is 14.6. The minimum atomic E-state index is -3.75. The second-order valence-electron chi connectivity index (χ2n) is 4.06. The highest BCUT2D eigenvalue weighted by atomic mass is 35.5. The lowest BCUT2D eigenvalue weighted by Crippen LogP contribution is -2.14. The monoisotopic (exact) mass is 312 g/mol. The molecule has 8 nitrogen and oxygen atoms in total. The summed E-state index contributed by atoms with van der Waals surface area (Å²) in [6.45, 7) is 0. The van der Waals surface area contributed by atoms with Crippen molar-refractivity contribution in [1.29, 1.82) is 0 Å². The molecule has 3 rings (SSSR count). The summed E-state index contributed by atoms with van der Waals surface area (Å²) in [6, 6.07) is 1.47. The Balaban J connectivity index is 2.00. The van der Waals surface area contributed by atoms with Gasteiger partial charge in [-0.05, 0) is 6.07 Å². The van der Waals surface area contributed by atoms with E-state index in [2.05, 4.69) is 24.7 Å². The molecule has 0 saturated heterocycles. The molecule has 0 saturated carbocycles. The number of H-pyrrole nitrogens is 1. The molecular formula is C10H9ClN6O2S. The fourth-order valence-corrected chi connectivity index (χ4v) is 2.87. The van der Waals surface area contributed by atoms with Gasteiger partial charge in [0, 0.05) is 19.4 Å². The number of nitrogens with one attached hydrogen (secondary N) is 2. The summed E-state index contributed by atoms with van der Waals surface area (Å²) in [5.41, 5.74) is 0.741. The van der Waals surface area contributed by atoms with Crippen molar-refractivity contribution in [2.45, 2.75) is 4.90 Å². The molecule has 0 amide bonds. The smallest absolute Gasteiger partial charge is 0.265 e. The summed E-state index contributed by atoms with van der Waals surface area (Å²) in [5.74, 6) is -0.126. The molecule has 10 heteroatoms. The van der Waals surface area contributed by atoms with Crippen LogP contribution in [0.5, 0.6) is 0 Å². The van der Waals surface area contributed by atoms with Crippen LogP contribution in [0, 0.1) is 0 Å². The molecule has 0 unspecified atom stereocenters. The fourth-order valence-electron chi connectivity index (χ4n) is 1.66. The standard InChI is InChI=1S/C10H9ClN6O2S/c1-17-3-2-6(4-17)20(18,19)16-10-14-8(11)7-9(15-10)13-5-12-7/h2-5H,1H3,(H2,12,13,14,15,16). The summed E-state index contributed by atoms with van der Waals surface area (Å²) in [6.07, 6.45) is 4.50. The van der Waals surface area contributed by atoms with E-state index < -0.39 is 10.0 Å².